The van der Waals surface area contributed by atoms with Crippen molar-refractivity contribution >= 4 is 50.7 Å². The molecule has 0 fully saturated rings. The van der Waals surface area contributed by atoms with Crippen molar-refractivity contribution in [2.45, 2.75) is 52.2 Å². The molecule has 0 heterocycles. The first kappa shape index (κ1) is 28.9. The number of benzene rings is 2. The third-order valence-electron chi connectivity index (χ3n) is 5.54. The van der Waals surface area contributed by atoms with Gasteiger partial charge >= 0.3 is 0 Å². The highest BCUT2D eigenvalue weighted by Gasteiger charge is 2.33. The third kappa shape index (κ3) is 7.81. The zero-order chi connectivity index (χ0) is 26.3. The van der Waals surface area contributed by atoms with Gasteiger partial charge < -0.3 is 10.2 Å². The van der Waals surface area contributed by atoms with Crippen LogP contribution in [0, 0.1) is 5.82 Å². The summed E-state index contributed by atoms with van der Waals surface area (Å²) >= 11 is 12.3. The number of halogens is 3. The van der Waals surface area contributed by atoms with Gasteiger partial charge in [-0.2, -0.15) is 0 Å². The predicted octanol–water partition coefficient (Wildman–Crippen LogP) is 4.62. The van der Waals surface area contributed by atoms with Gasteiger partial charge in [0.25, 0.3) is 0 Å². The van der Waals surface area contributed by atoms with E-state index in [4.69, 9.17) is 23.2 Å². The summed E-state index contributed by atoms with van der Waals surface area (Å²) in [5, 5.41) is 3.57. The molecule has 0 radical (unpaired) electrons. The molecule has 0 aliphatic rings. The van der Waals surface area contributed by atoms with Crippen molar-refractivity contribution in [2.24, 2.45) is 0 Å². The second-order valence-corrected chi connectivity index (χ2v) is 11.0. The van der Waals surface area contributed by atoms with Crippen molar-refractivity contribution in [3.63, 3.8) is 0 Å². The van der Waals surface area contributed by atoms with Crippen molar-refractivity contribution in [1.29, 1.82) is 0 Å². The molecule has 0 aromatic heterocycles. The lowest BCUT2D eigenvalue weighted by Crippen LogP contribution is -2.53. The summed E-state index contributed by atoms with van der Waals surface area (Å²) in [7, 11) is -4.03. The highest BCUT2D eigenvalue weighted by molar-refractivity contribution is 7.92. The highest BCUT2D eigenvalue weighted by Crippen LogP contribution is 2.25. The number of amides is 2. The van der Waals surface area contributed by atoms with Gasteiger partial charge in [0.2, 0.25) is 21.8 Å². The summed E-state index contributed by atoms with van der Waals surface area (Å²) in [5.74, 6) is -1.85. The fourth-order valence-electron chi connectivity index (χ4n) is 3.44. The van der Waals surface area contributed by atoms with E-state index in [0.717, 1.165) is 12.3 Å². The number of anilines is 1. The van der Waals surface area contributed by atoms with Gasteiger partial charge in [0.15, 0.2) is 0 Å². The molecule has 2 aromatic rings. The Bertz CT molecular complexity index is 1160. The molecule has 2 amide bonds. The number of rotatable bonds is 11. The van der Waals surface area contributed by atoms with Crippen LogP contribution in [0.25, 0.3) is 0 Å². The molecular weight excluding hydrogens is 516 g/mol. The van der Waals surface area contributed by atoms with Crippen molar-refractivity contribution < 1.29 is 22.4 Å². The van der Waals surface area contributed by atoms with Crippen LogP contribution in [0.2, 0.25) is 10.0 Å². The molecular formula is C24H30Cl2FN3O4S. The maximum Gasteiger partial charge on any atom is 0.244 e. The lowest BCUT2D eigenvalue weighted by molar-refractivity contribution is -0.140. The number of nitrogens with one attached hydrogen (secondary N) is 1. The van der Waals surface area contributed by atoms with E-state index in [1.165, 1.54) is 29.2 Å². The Labute approximate surface area is 216 Å². The van der Waals surface area contributed by atoms with Crippen LogP contribution in [0.15, 0.2) is 42.5 Å². The van der Waals surface area contributed by atoms with Gasteiger partial charge in [-0.05, 0) is 49.6 Å². The van der Waals surface area contributed by atoms with Gasteiger partial charge in [0, 0.05) is 22.6 Å². The molecule has 11 heteroatoms. The SMILES string of the molecule is CC[C@H](C)NC(=O)[C@H](CC)N(Cc1ccc(Cl)cc1Cl)C(=O)CN(c1ccccc1F)S(C)(=O)=O. The number of para-hydroxylation sites is 1. The van der Waals surface area contributed by atoms with Crippen LogP contribution in [0.3, 0.4) is 0 Å². The minimum Gasteiger partial charge on any atom is -0.352 e. The van der Waals surface area contributed by atoms with Gasteiger partial charge in [-0.3, -0.25) is 13.9 Å². The summed E-state index contributed by atoms with van der Waals surface area (Å²) in [6.45, 7) is 4.74. The second kappa shape index (κ2) is 12.6. The monoisotopic (exact) mass is 545 g/mol. The van der Waals surface area contributed by atoms with Crippen LogP contribution in [-0.2, 0) is 26.2 Å². The van der Waals surface area contributed by atoms with E-state index in [9.17, 15) is 22.4 Å². The lowest BCUT2D eigenvalue weighted by Gasteiger charge is -2.33. The van der Waals surface area contributed by atoms with E-state index >= 15 is 0 Å². The summed E-state index contributed by atoms with van der Waals surface area (Å²) in [6, 6.07) is 8.99. The summed E-state index contributed by atoms with van der Waals surface area (Å²) < 4.78 is 40.2. The molecule has 1 N–H and O–H groups in total. The molecule has 0 aliphatic heterocycles. The van der Waals surface area contributed by atoms with E-state index in [1.807, 2.05) is 13.8 Å². The normalized spacial score (nSPS) is 13.1. The molecule has 0 unspecified atom stereocenters. The van der Waals surface area contributed by atoms with E-state index in [1.54, 1.807) is 19.1 Å². The van der Waals surface area contributed by atoms with Crippen molar-refractivity contribution in [1.82, 2.24) is 10.2 Å². The molecule has 7 nitrogen and oxygen atoms in total. The number of hydrogen-bond acceptors (Lipinski definition) is 4. The van der Waals surface area contributed by atoms with Crippen LogP contribution in [-0.4, -0.2) is 50.0 Å². The van der Waals surface area contributed by atoms with Crippen molar-refractivity contribution in [3.8, 4) is 0 Å². The maximum absolute atomic E-state index is 14.5. The number of nitrogens with zero attached hydrogens (tertiary/aromatic N) is 2. The minimum atomic E-state index is -4.03. The zero-order valence-electron chi connectivity index (χ0n) is 20.1. The Morgan fingerprint density at radius 3 is 2.29 bits per heavy atom. The van der Waals surface area contributed by atoms with E-state index in [-0.39, 0.29) is 30.6 Å². The molecule has 0 saturated heterocycles. The average Bonchev–Trinajstić information content (AvgIpc) is 2.78. The third-order valence-corrected chi connectivity index (χ3v) is 7.26. The molecule has 192 valence electrons. The molecule has 2 atom stereocenters. The Kier molecular flexibility index (Phi) is 10.4. The van der Waals surface area contributed by atoms with E-state index in [0.29, 0.717) is 26.3 Å². The van der Waals surface area contributed by atoms with E-state index in [2.05, 4.69) is 5.32 Å². The molecule has 0 spiro atoms. The molecule has 0 saturated carbocycles. The summed E-state index contributed by atoms with van der Waals surface area (Å²) in [6.07, 6.45) is 1.84. The molecule has 2 aromatic carbocycles. The van der Waals surface area contributed by atoms with Crippen molar-refractivity contribution in [3.05, 3.63) is 63.9 Å². The fraction of sp³-hybridized carbons (Fsp3) is 0.417. The second-order valence-electron chi connectivity index (χ2n) is 8.22. The number of carbonyl (C=O) groups excluding carboxylic acids is 2. The van der Waals surface area contributed by atoms with Gasteiger partial charge in [0.05, 0.1) is 11.9 Å². The molecule has 0 aliphatic carbocycles. The van der Waals surface area contributed by atoms with Crippen LogP contribution < -0.4 is 9.62 Å². The van der Waals surface area contributed by atoms with Crippen LogP contribution in [0.5, 0.6) is 0 Å². The number of sulfonamides is 1. The Morgan fingerprint density at radius 2 is 1.74 bits per heavy atom. The highest BCUT2D eigenvalue weighted by atomic mass is 35.5. The number of hydrogen-bond donors (Lipinski definition) is 1. The summed E-state index contributed by atoms with van der Waals surface area (Å²) in [4.78, 5) is 27.9. The Hall–Kier alpha value is -2.36. The molecule has 0 bridgehead atoms. The topological polar surface area (TPSA) is 86.8 Å². The maximum atomic E-state index is 14.5. The zero-order valence-corrected chi connectivity index (χ0v) is 22.4. The quantitative estimate of drug-likeness (QED) is 0.446. The van der Waals surface area contributed by atoms with Gasteiger partial charge in [-0.15, -0.1) is 0 Å². The molecule has 35 heavy (non-hydrogen) atoms. The van der Waals surface area contributed by atoms with Gasteiger partial charge in [0.1, 0.15) is 18.4 Å². The van der Waals surface area contributed by atoms with E-state index < -0.39 is 34.3 Å². The summed E-state index contributed by atoms with van der Waals surface area (Å²) in [5.41, 5.74) is 0.265. The Morgan fingerprint density at radius 1 is 1.09 bits per heavy atom. The first-order valence-electron chi connectivity index (χ1n) is 11.1. The van der Waals surface area contributed by atoms with Crippen LogP contribution in [0.4, 0.5) is 10.1 Å². The largest absolute Gasteiger partial charge is 0.352 e. The lowest BCUT2D eigenvalue weighted by atomic mass is 10.1. The fourth-order valence-corrected chi connectivity index (χ4v) is 4.76. The predicted molar refractivity (Wildman–Crippen MR) is 138 cm³/mol. The van der Waals surface area contributed by atoms with Crippen molar-refractivity contribution in [2.75, 3.05) is 17.1 Å². The first-order valence-corrected chi connectivity index (χ1v) is 13.7. The molecule has 2 rings (SSSR count). The van der Waals surface area contributed by atoms with Crippen LogP contribution in [0.1, 0.15) is 39.2 Å². The van der Waals surface area contributed by atoms with Gasteiger partial charge in [-0.1, -0.05) is 55.2 Å². The average molecular weight is 546 g/mol. The Balaban J connectivity index is 2.49. The minimum absolute atomic E-state index is 0.0733. The van der Waals surface area contributed by atoms with Gasteiger partial charge in [-0.25, -0.2) is 12.8 Å². The van der Waals surface area contributed by atoms with Crippen LogP contribution >= 0.6 is 23.2 Å². The standard InChI is InChI=1S/C24H30Cl2FN3O4S/c1-5-16(3)28-24(32)21(6-2)29(14-17-11-12-18(25)13-19(17)26)23(31)15-30(35(4,33)34)22-10-8-7-9-20(22)27/h7-13,16,21H,5-6,14-15H2,1-4H3,(H,28,32)/t16-,21-/m0/s1. The first-order chi connectivity index (χ1) is 16.4. The smallest absolute Gasteiger partial charge is 0.244 e. The number of carbonyl (C=O) groups is 2.